The van der Waals surface area contributed by atoms with E-state index in [0.717, 1.165) is 0 Å². The van der Waals surface area contributed by atoms with E-state index in [-0.39, 0.29) is 0 Å². The average Bonchev–Trinajstić information content (AvgIpc) is 2.14. The molecule has 0 spiro atoms. The van der Waals surface area contributed by atoms with Gasteiger partial charge in [0.1, 0.15) is 0 Å². The maximum Gasteiger partial charge on any atom is 0.0701 e. The highest BCUT2D eigenvalue weighted by molar-refractivity contribution is 9.11. The van der Waals surface area contributed by atoms with E-state index in [9.17, 15) is 0 Å². The summed E-state index contributed by atoms with van der Waals surface area (Å²) in [5.41, 5.74) is 0. The van der Waals surface area contributed by atoms with Gasteiger partial charge in [-0.05, 0) is 34.5 Å². The normalized spacial score (nSPS) is 9.75. The zero-order chi connectivity index (χ0) is 5.98. The molecule has 0 saturated carbocycles. The standard InChI is InChI=1S/C6H6BrS/c1-2-5-3-4-6(7)8-5/h2-4H,1H3. The van der Waals surface area contributed by atoms with Gasteiger partial charge in [-0.25, -0.2) is 0 Å². The first-order valence-corrected chi connectivity index (χ1v) is 3.98. The highest BCUT2D eigenvalue weighted by Gasteiger charge is 1.91. The van der Waals surface area contributed by atoms with Crippen molar-refractivity contribution in [2.24, 2.45) is 0 Å². The summed E-state index contributed by atoms with van der Waals surface area (Å²) in [7, 11) is 0. The predicted octanol–water partition coefficient (Wildman–Crippen LogP) is 3.08. The molecule has 8 heavy (non-hydrogen) atoms. The van der Waals surface area contributed by atoms with Crippen LogP contribution >= 0.6 is 27.3 Å². The Morgan fingerprint density at radius 3 is 2.62 bits per heavy atom. The third kappa shape index (κ3) is 1.33. The van der Waals surface area contributed by atoms with Gasteiger partial charge >= 0.3 is 0 Å². The van der Waals surface area contributed by atoms with Crippen LogP contribution in [0.15, 0.2) is 15.9 Å². The van der Waals surface area contributed by atoms with Crippen molar-refractivity contribution in [3.63, 3.8) is 0 Å². The molecule has 0 atom stereocenters. The molecule has 1 aromatic rings. The Hall–Kier alpha value is 0.180. The zero-order valence-corrected chi connectivity index (χ0v) is 6.92. The first-order chi connectivity index (χ1) is 3.83. The Labute approximate surface area is 61.7 Å². The largest absolute Gasteiger partial charge is 0.133 e. The van der Waals surface area contributed by atoms with Crippen LogP contribution in [-0.2, 0) is 0 Å². The lowest BCUT2D eigenvalue weighted by molar-refractivity contribution is 1.52. The fraction of sp³-hybridized carbons (Fsp3) is 0.167. The molecule has 0 saturated heterocycles. The molecule has 1 aromatic heterocycles. The van der Waals surface area contributed by atoms with E-state index in [2.05, 4.69) is 34.5 Å². The van der Waals surface area contributed by atoms with Gasteiger partial charge in [0.25, 0.3) is 0 Å². The molecule has 0 amide bonds. The number of rotatable bonds is 1. The fourth-order valence-electron chi connectivity index (χ4n) is 0.483. The summed E-state index contributed by atoms with van der Waals surface area (Å²) >= 11 is 5.12. The quantitative estimate of drug-likeness (QED) is 0.638. The molecule has 0 aliphatic rings. The Morgan fingerprint density at radius 2 is 2.38 bits per heavy atom. The molecule has 1 radical (unpaired) electrons. The maximum atomic E-state index is 3.37. The molecule has 0 fully saturated rings. The Kier molecular flexibility index (Phi) is 2.08. The van der Waals surface area contributed by atoms with E-state index >= 15 is 0 Å². The molecule has 0 aromatic carbocycles. The lowest BCUT2D eigenvalue weighted by atomic mass is 10.4. The van der Waals surface area contributed by atoms with Gasteiger partial charge in [0.05, 0.1) is 3.79 Å². The number of thiophene rings is 1. The Balaban J connectivity index is 2.84. The van der Waals surface area contributed by atoms with Crippen molar-refractivity contribution in [2.45, 2.75) is 6.92 Å². The third-order valence-corrected chi connectivity index (χ3v) is 2.57. The van der Waals surface area contributed by atoms with E-state index < -0.39 is 0 Å². The van der Waals surface area contributed by atoms with E-state index in [1.165, 1.54) is 8.66 Å². The van der Waals surface area contributed by atoms with Gasteiger partial charge in [-0.15, -0.1) is 11.3 Å². The first-order valence-electron chi connectivity index (χ1n) is 2.37. The number of hydrogen-bond acceptors (Lipinski definition) is 1. The lowest BCUT2D eigenvalue weighted by Gasteiger charge is -1.79. The molecule has 0 nitrogen and oxygen atoms in total. The van der Waals surface area contributed by atoms with Crippen LogP contribution in [0, 0.1) is 6.42 Å². The fourth-order valence-corrected chi connectivity index (χ4v) is 1.79. The highest BCUT2D eigenvalue weighted by Crippen LogP contribution is 2.22. The molecule has 0 unspecified atom stereocenters. The van der Waals surface area contributed by atoms with Crippen molar-refractivity contribution < 1.29 is 0 Å². The minimum absolute atomic E-state index is 1.20. The van der Waals surface area contributed by atoms with E-state index in [1.54, 1.807) is 11.3 Å². The topological polar surface area (TPSA) is 0 Å². The van der Waals surface area contributed by atoms with Gasteiger partial charge < -0.3 is 0 Å². The van der Waals surface area contributed by atoms with Gasteiger partial charge in [0.15, 0.2) is 0 Å². The van der Waals surface area contributed by atoms with Crippen molar-refractivity contribution in [3.8, 4) is 0 Å². The van der Waals surface area contributed by atoms with Crippen LogP contribution in [0.2, 0.25) is 0 Å². The summed E-state index contributed by atoms with van der Waals surface area (Å²) in [4.78, 5) is 1.32. The smallest absolute Gasteiger partial charge is 0.0701 e. The second-order valence-electron chi connectivity index (χ2n) is 1.43. The van der Waals surface area contributed by atoms with Crippen LogP contribution in [0.1, 0.15) is 11.8 Å². The first kappa shape index (κ1) is 6.30. The van der Waals surface area contributed by atoms with Gasteiger partial charge in [0.2, 0.25) is 0 Å². The van der Waals surface area contributed by atoms with E-state index in [0.29, 0.717) is 0 Å². The molecule has 1 heterocycles. The van der Waals surface area contributed by atoms with Crippen LogP contribution < -0.4 is 0 Å². The van der Waals surface area contributed by atoms with Crippen LogP contribution in [0.5, 0.6) is 0 Å². The van der Waals surface area contributed by atoms with Crippen LogP contribution in [-0.4, -0.2) is 0 Å². The average molecular weight is 190 g/mol. The van der Waals surface area contributed by atoms with Crippen molar-refractivity contribution in [2.75, 3.05) is 0 Å². The Morgan fingerprint density at radius 1 is 1.62 bits per heavy atom. The number of hydrogen-bond donors (Lipinski definition) is 0. The maximum absolute atomic E-state index is 3.37. The van der Waals surface area contributed by atoms with Gasteiger partial charge in [-0.2, -0.15) is 0 Å². The van der Waals surface area contributed by atoms with Crippen LogP contribution in [0.3, 0.4) is 0 Å². The van der Waals surface area contributed by atoms with E-state index in [1.807, 2.05) is 6.92 Å². The van der Waals surface area contributed by atoms with Crippen molar-refractivity contribution in [1.29, 1.82) is 0 Å². The third-order valence-electron chi connectivity index (χ3n) is 0.879. The summed E-state index contributed by atoms with van der Waals surface area (Å²) in [6.07, 6.45) is 2.09. The summed E-state index contributed by atoms with van der Waals surface area (Å²) in [5.74, 6) is 0. The van der Waals surface area contributed by atoms with E-state index in [4.69, 9.17) is 0 Å². The SMILES string of the molecule is C[CH]c1ccc(Br)s1. The second kappa shape index (κ2) is 2.65. The van der Waals surface area contributed by atoms with Crippen LogP contribution in [0.4, 0.5) is 0 Å². The molecule has 0 aliphatic carbocycles. The van der Waals surface area contributed by atoms with Gasteiger partial charge in [-0.1, -0.05) is 6.92 Å². The molecule has 0 bridgehead atoms. The molecule has 43 valence electrons. The molecule has 0 aliphatic heterocycles. The molecular weight excluding hydrogens is 184 g/mol. The summed E-state index contributed by atoms with van der Waals surface area (Å²) in [6, 6.07) is 4.15. The molecule has 0 N–H and O–H groups in total. The minimum atomic E-state index is 1.20. The summed E-state index contributed by atoms with van der Waals surface area (Å²) < 4.78 is 1.20. The Bertz CT molecular complexity index is 169. The molecule has 2 heteroatoms. The van der Waals surface area contributed by atoms with Crippen molar-refractivity contribution in [1.82, 2.24) is 0 Å². The second-order valence-corrected chi connectivity index (χ2v) is 3.93. The number of halogens is 1. The zero-order valence-electron chi connectivity index (χ0n) is 4.52. The summed E-state index contributed by atoms with van der Waals surface area (Å²) in [6.45, 7) is 2.04. The minimum Gasteiger partial charge on any atom is -0.133 e. The monoisotopic (exact) mass is 189 g/mol. The predicted molar refractivity (Wildman–Crippen MR) is 41.1 cm³/mol. The van der Waals surface area contributed by atoms with Crippen molar-refractivity contribution >= 4 is 27.3 Å². The molecule has 1 rings (SSSR count). The van der Waals surface area contributed by atoms with Gasteiger partial charge in [-0.3, -0.25) is 0 Å². The van der Waals surface area contributed by atoms with Crippen molar-refractivity contribution in [3.05, 3.63) is 27.2 Å². The van der Waals surface area contributed by atoms with Gasteiger partial charge in [0, 0.05) is 4.88 Å². The summed E-state index contributed by atoms with van der Waals surface area (Å²) in [5, 5.41) is 0. The molecular formula is C6H6BrS. The highest BCUT2D eigenvalue weighted by atomic mass is 79.9. The van der Waals surface area contributed by atoms with Crippen LogP contribution in [0.25, 0.3) is 0 Å². The lowest BCUT2D eigenvalue weighted by Crippen LogP contribution is -1.58.